The third kappa shape index (κ3) is 4.37. The van der Waals surface area contributed by atoms with E-state index >= 15 is 0 Å². The summed E-state index contributed by atoms with van der Waals surface area (Å²) in [6, 6.07) is 13.2. The Morgan fingerprint density at radius 2 is 1.95 bits per heavy atom. The lowest BCUT2D eigenvalue weighted by molar-refractivity contribution is -0.111. The van der Waals surface area contributed by atoms with E-state index in [1.165, 1.54) is 11.6 Å². The van der Waals surface area contributed by atoms with Crippen molar-refractivity contribution in [3.8, 4) is 5.75 Å². The molecule has 0 aliphatic carbocycles. The number of hydrogen-bond acceptors (Lipinski definition) is 2. The van der Waals surface area contributed by atoms with E-state index in [0.29, 0.717) is 16.5 Å². The maximum atomic E-state index is 11.9. The van der Waals surface area contributed by atoms with E-state index in [4.69, 9.17) is 16.3 Å². The minimum absolute atomic E-state index is 0.208. The summed E-state index contributed by atoms with van der Waals surface area (Å²) in [4.78, 5) is 11.9. The summed E-state index contributed by atoms with van der Waals surface area (Å²) in [5.41, 5.74) is 2.89. The lowest BCUT2D eigenvalue weighted by atomic mass is 10.1. The molecule has 2 aromatic rings. The van der Waals surface area contributed by atoms with Gasteiger partial charge in [0, 0.05) is 11.8 Å². The highest BCUT2D eigenvalue weighted by molar-refractivity contribution is 6.32. The SMILES string of the molecule is CCc1ccc(/C=C/C(=O)Nc2ccc(OC)c(Cl)c2)cc1. The highest BCUT2D eigenvalue weighted by atomic mass is 35.5. The second-order valence-electron chi connectivity index (χ2n) is 4.77. The van der Waals surface area contributed by atoms with Gasteiger partial charge in [-0.1, -0.05) is 42.8 Å². The van der Waals surface area contributed by atoms with Gasteiger partial charge in [0.2, 0.25) is 5.91 Å². The number of amides is 1. The summed E-state index contributed by atoms with van der Waals surface area (Å²) in [6.07, 6.45) is 4.28. The molecule has 0 aromatic heterocycles. The molecule has 0 saturated heterocycles. The molecule has 22 heavy (non-hydrogen) atoms. The number of benzene rings is 2. The quantitative estimate of drug-likeness (QED) is 0.821. The van der Waals surface area contributed by atoms with Gasteiger partial charge in [0.1, 0.15) is 5.75 Å². The predicted octanol–water partition coefficient (Wildman–Crippen LogP) is 4.56. The standard InChI is InChI=1S/C18H18ClNO2/c1-3-13-4-6-14(7-5-13)8-11-18(21)20-15-9-10-17(22-2)16(19)12-15/h4-12H,3H2,1-2H3,(H,20,21)/b11-8+. The van der Waals surface area contributed by atoms with Crippen LogP contribution in [0.25, 0.3) is 6.08 Å². The molecular weight excluding hydrogens is 298 g/mol. The van der Waals surface area contributed by atoms with Crippen molar-refractivity contribution in [2.75, 3.05) is 12.4 Å². The van der Waals surface area contributed by atoms with Crippen LogP contribution < -0.4 is 10.1 Å². The van der Waals surface area contributed by atoms with Gasteiger partial charge in [0.15, 0.2) is 0 Å². The van der Waals surface area contributed by atoms with Gasteiger partial charge in [-0.05, 0) is 41.8 Å². The lowest BCUT2D eigenvalue weighted by Gasteiger charge is -2.06. The van der Waals surface area contributed by atoms with E-state index in [9.17, 15) is 4.79 Å². The first-order valence-electron chi connectivity index (χ1n) is 7.04. The zero-order chi connectivity index (χ0) is 15.9. The first-order valence-corrected chi connectivity index (χ1v) is 7.41. The Morgan fingerprint density at radius 3 is 2.55 bits per heavy atom. The monoisotopic (exact) mass is 315 g/mol. The van der Waals surface area contributed by atoms with E-state index in [0.717, 1.165) is 12.0 Å². The number of carbonyl (C=O) groups is 1. The molecule has 0 radical (unpaired) electrons. The van der Waals surface area contributed by atoms with Crippen LogP contribution in [0.3, 0.4) is 0 Å². The molecule has 0 unspecified atom stereocenters. The first kappa shape index (κ1) is 16.1. The van der Waals surface area contributed by atoms with Gasteiger partial charge >= 0.3 is 0 Å². The summed E-state index contributed by atoms with van der Waals surface area (Å²) in [5, 5.41) is 3.22. The minimum Gasteiger partial charge on any atom is -0.495 e. The summed E-state index contributed by atoms with van der Waals surface area (Å²) in [7, 11) is 1.55. The van der Waals surface area contributed by atoms with Crippen LogP contribution in [0.2, 0.25) is 5.02 Å². The fourth-order valence-corrected chi connectivity index (χ4v) is 2.22. The van der Waals surface area contributed by atoms with Gasteiger partial charge in [-0.3, -0.25) is 4.79 Å². The largest absolute Gasteiger partial charge is 0.495 e. The van der Waals surface area contributed by atoms with Crippen LogP contribution in [-0.2, 0) is 11.2 Å². The first-order chi connectivity index (χ1) is 10.6. The maximum absolute atomic E-state index is 11.9. The van der Waals surface area contributed by atoms with Crippen molar-refractivity contribution in [1.82, 2.24) is 0 Å². The van der Waals surface area contributed by atoms with Crippen LogP contribution in [0, 0.1) is 0 Å². The van der Waals surface area contributed by atoms with Crippen molar-refractivity contribution >= 4 is 29.3 Å². The topological polar surface area (TPSA) is 38.3 Å². The number of methoxy groups -OCH3 is 1. The highest BCUT2D eigenvalue weighted by Gasteiger charge is 2.03. The molecule has 0 fully saturated rings. The summed E-state index contributed by atoms with van der Waals surface area (Å²) < 4.78 is 5.07. The fraction of sp³-hybridized carbons (Fsp3) is 0.167. The van der Waals surface area contributed by atoms with Crippen molar-refractivity contribution < 1.29 is 9.53 Å². The highest BCUT2D eigenvalue weighted by Crippen LogP contribution is 2.27. The van der Waals surface area contributed by atoms with Gasteiger partial charge in [-0.25, -0.2) is 0 Å². The smallest absolute Gasteiger partial charge is 0.248 e. The van der Waals surface area contributed by atoms with E-state index in [2.05, 4.69) is 24.4 Å². The molecule has 0 saturated carbocycles. The molecule has 1 N–H and O–H groups in total. The minimum atomic E-state index is -0.208. The van der Waals surface area contributed by atoms with E-state index in [-0.39, 0.29) is 5.91 Å². The number of hydrogen-bond donors (Lipinski definition) is 1. The molecule has 0 atom stereocenters. The van der Waals surface area contributed by atoms with E-state index in [1.54, 1.807) is 31.4 Å². The molecule has 0 heterocycles. The average Bonchev–Trinajstić information content (AvgIpc) is 2.53. The van der Waals surface area contributed by atoms with Gasteiger partial charge in [0.05, 0.1) is 12.1 Å². The molecule has 0 spiro atoms. The Labute approximate surface area is 135 Å². The third-order valence-corrected chi connectivity index (χ3v) is 3.53. The second-order valence-corrected chi connectivity index (χ2v) is 5.17. The Kier molecular flexibility index (Phi) is 5.61. The molecule has 0 bridgehead atoms. The number of nitrogens with one attached hydrogen (secondary N) is 1. The number of aryl methyl sites for hydroxylation is 1. The normalized spacial score (nSPS) is 10.7. The third-order valence-electron chi connectivity index (χ3n) is 3.23. The molecule has 114 valence electrons. The zero-order valence-corrected chi connectivity index (χ0v) is 13.4. The molecule has 4 heteroatoms. The fourth-order valence-electron chi connectivity index (χ4n) is 1.96. The molecule has 0 aliphatic rings. The zero-order valence-electron chi connectivity index (χ0n) is 12.6. The van der Waals surface area contributed by atoms with Crippen molar-refractivity contribution in [1.29, 1.82) is 0 Å². The number of halogens is 1. The van der Waals surface area contributed by atoms with Crippen molar-refractivity contribution in [3.05, 3.63) is 64.7 Å². The lowest BCUT2D eigenvalue weighted by Crippen LogP contribution is -2.07. The van der Waals surface area contributed by atoms with Crippen LogP contribution >= 0.6 is 11.6 Å². The molecule has 0 aliphatic heterocycles. The van der Waals surface area contributed by atoms with Crippen molar-refractivity contribution in [2.24, 2.45) is 0 Å². The van der Waals surface area contributed by atoms with Crippen LogP contribution in [0.15, 0.2) is 48.5 Å². The number of ether oxygens (including phenoxy) is 1. The number of carbonyl (C=O) groups excluding carboxylic acids is 1. The molecule has 2 rings (SSSR count). The molecule has 1 amide bonds. The Morgan fingerprint density at radius 1 is 1.23 bits per heavy atom. The van der Waals surface area contributed by atoms with E-state index in [1.807, 2.05) is 12.1 Å². The number of anilines is 1. The summed E-state index contributed by atoms with van der Waals surface area (Å²) in [5.74, 6) is 0.368. The predicted molar refractivity (Wildman–Crippen MR) is 91.5 cm³/mol. The van der Waals surface area contributed by atoms with Gasteiger partial charge < -0.3 is 10.1 Å². The Hall–Kier alpha value is -2.26. The average molecular weight is 316 g/mol. The maximum Gasteiger partial charge on any atom is 0.248 e. The van der Waals surface area contributed by atoms with Gasteiger partial charge in [-0.2, -0.15) is 0 Å². The van der Waals surface area contributed by atoms with Crippen molar-refractivity contribution in [3.63, 3.8) is 0 Å². The van der Waals surface area contributed by atoms with Crippen LogP contribution in [0.1, 0.15) is 18.1 Å². The molecule has 3 nitrogen and oxygen atoms in total. The Bertz CT molecular complexity index is 678. The summed E-state index contributed by atoms with van der Waals surface area (Å²) in [6.45, 7) is 2.11. The van der Waals surface area contributed by atoms with E-state index < -0.39 is 0 Å². The van der Waals surface area contributed by atoms with Crippen LogP contribution in [0.4, 0.5) is 5.69 Å². The molecular formula is C18H18ClNO2. The summed E-state index contributed by atoms with van der Waals surface area (Å²) >= 11 is 6.02. The molecule has 2 aromatic carbocycles. The Balaban J connectivity index is 1.99. The van der Waals surface area contributed by atoms with Crippen molar-refractivity contribution in [2.45, 2.75) is 13.3 Å². The second kappa shape index (κ2) is 7.66. The van der Waals surface area contributed by atoms with Gasteiger partial charge in [-0.15, -0.1) is 0 Å². The number of rotatable bonds is 5. The van der Waals surface area contributed by atoms with Gasteiger partial charge in [0.25, 0.3) is 0 Å². The van der Waals surface area contributed by atoms with Crippen LogP contribution in [-0.4, -0.2) is 13.0 Å². The van der Waals surface area contributed by atoms with Crippen LogP contribution in [0.5, 0.6) is 5.75 Å².